The minimum atomic E-state index is -0.826. The molecular weight excluding hydrogens is 401 g/mol. The van der Waals surface area contributed by atoms with Gasteiger partial charge in [-0.05, 0) is 24.4 Å². The number of hydrogen-bond acceptors (Lipinski definition) is 0. The Kier molecular flexibility index (Phi) is 12.1. The molecule has 0 N–H and O–H groups in total. The van der Waals surface area contributed by atoms with Gasteiger partial charge < -0.3 is 14.9 Å². The number of rotatable bonds is 3. The normalized spacial score (nSPS) is 28.8. The van der Waals surface area contributed by atoms with E-state index in [1.807, 2.05) is 0 Å². The van der Waals surface area contributed by atoms with Crippen LogP contribution in [-0.2, 0) is 20.8 Å². The Balaban J connectivity index is 0.000000902. The molecule has 132 valence electrons. The van der Waals surface area contributed by atoms with Crippen LogP contribution in [0.4, 0.5) is 0 Å². The molecule has 4 heteroatoms. The van der Waals surface area contributed by atoms with Crippen molar-refractivity contribution in [2.45, 2.75) is 64.3 Å². The summed E-state index contributed by atoms with van der Waals surface area (Å²) in [7, 11) is 9.87. The van der Waals surface area contributed by atoms with Crippen LogP contribution in [0, 0.1) is 32.6 Å². The molecule has 0 spiro atoms. The van der Waals surface area contributed by atoms with Gasteiger partial charge in [0.15, 0.2) is 0 Å². The Morgan fingerprint density at radius 1 is 0.957 bits per heavy atom. The predicted octanol–water partition coefficient (Wildman–Crippen LogP) is 7.68. The summed E-state index contributed by atoms with van der Waals surface area (Å²) >= 11 is -0.826. The summed E-state index contributed by atoms with van der Waals surface area (Å²) in [6, 6.07) is 0. The number of fused-ring (bicyclic) bond motifs is 1. The van der Waals surface area contributed by atoms with Crippen LogP contribution >= 0.6 is 17.0 Å². The van der Waals surface area contributed by atoms with Gasteiger partial charge in [0.2, 0.25) is 0 Å². The van der Waals surface area contributed by atoms with Crippen LogP contribution in [0.5, 0.6) is 0 Å². The Bertz CT molecular complexity index is 376. The Labute approximate surface area is 164 Å². The van der Waals surface area contributed by atoms with Gasteiger partial charge in [0.1, 0.15) is 0 Å². The summed E-state index contributed by atoms with van der Waals surface area (Å²) in [6.07, 6.45) is 19.8. The van der Waals surface area contributed by atoms with Crippen molar-refractivity contribution in [3.63, 3.8) is 0 Å². The molecule has 3 aliphatic rings. The van der Waals surface area contributed by atoms with Gasteiger partial charge in [-0.1, -0.05) is 62.3 Å². The average molecular weight is 435 g/mol. The standard InChI is InChI=1S/C17H28B.2CH3.2ClH.Zr/c1-18(2,16-8-4-5-9-16)13-15-12-11-14-7-3-6-10-17(14)15;;;;;/h3,6-7,10,14-17H,4-5,8-9,11-13H2,1-2H3;2*1H3;2*1H;/q3*-1;;;+4/p-2. The van der Waals surface area contributed by atoms with E-state index in [1.165, 1.54) is 44.8 Å². The number of allylic oxidation sites excluding steroid dienone is 4. The van der Waals surface area contributed by atoms with E-state index in [9.17, 15) is 0 Å². The van der Waals surface area contributed by atoms with Crippen molar-refractivity contribution in [3.05, 3.63) is 39.2 Å². The zero-order valence-electron chi connectivity index (χ0n) is 15.4. The third-order valence-corrected chi connectivity index (χ3v) is 6.30. The van der Waals surface area contributed by atoms with Crippen molar-refractivity contribution in [1.29, 1.82) is 0 Å². The molecule has 0 nitrogen and oxygen atoms in total. The molecule has 3 unspecified atom stereocenters. The molecule has 3 aliphatic carbocycles. The van der Waals surface area contributed by atoms with Crippen molar-refractivity contribution < 1.29 is 20.8 Å². The van der Waals surface area contributed by atoms with Gasteiger partial charge >= 0.3 is 37.9 Å². The summed E-state index contributed by atoms with van der Waals surface area (Å²) < 4.78 is 0. The quantitative estimate of drug-likeness (QED) is 0.315. The van der Waals surface area contributed by atoms with Crippen molar-refractivity contribution >= 4 is 23.2 Å². The average Bonchev–Trinajstić information content (AvgIpc) is 3.10. The fourth-order valence-corrected chi connectivity index (χ4v) is 5.17. The fraction of sp³-hybridized carbons (Fsp3) is 0.684. The van der Waals surface area contributed by atoms with Crippen LogP contribution in [0.15, 0.2) is 24.3 Å². The molecule has 0 aromatic carbocycles. The minimum absolute atomic E-state index is 0. The molecule has 0 heterocycles. The molecule has 0 aliphatic heterocycles. The zero-order valence-corrected chi connectivity index (χ0v) is 19.4. The second kappa shape index (κ2) is 11.6. The van der Waals surface area contributed by atoms with Crippen molar-refractivity contribution in [2.75, 3.05) is 0 Å². The third-order valence-electron chi connectivity index (χ3n) is 6.30. The first-order chi connectivity index (χ1) is 10.1. The molecule has 0 aromatic rings. The first kappa shape index (κ1) is 24.0. The topological polar surface area (TPSA) is 0 Å². The van der Waals surface area contributed by atoms with Crippen LogP contribution < -0.4 is 0 Å². The first-order valence-corrected chi connectivity index (χ1v) is 15.0. The fourth-order valence-electron chi connectivity index (χ4n) is 5.17. The molecular formula is C19H34BCl2Zr-. The van der Waals surface area contributed by atoms with Gasteiger partial charge in [0, 0.05) is 0 Å². The van der Waals surface area contributed by atoms with E-state index in [0.717, 1.165) is 23.6 Å². The van der Waals surface area contributed by atoms with Crippen LogP contribution in [0.3, 0.4) is 0 Å². The molecule has 0 amide bonds. The monoisotopic (exact) mass is 433 g/mol. The van der Waals surface area contributed by atoms with E-state index in [4.69, 9.17) is 17.0 Å². The summed E-state index contributed by atoms with van der Waals surface area (Å²) in [4.78, 5) is 0. The second-order valence-corrected chi connectivity index (χ2v) is 11.7. The Morgan fingerprint density at radius 2 is 1.52 bits per heavy atom. The summed E-state index contributed by atoms with van der Waals surface area (Å²) in [5.41, 5.74) is 0. The third kappa shape index (κ3) is 6.67. The predicted molar refractivity (Wildman–Crippen MR) is 107 cm³/mol. The maximum absolute atomic E-state index is 4.93. The van der Waals surface area contributed by atoms with E-state index >= 15 is 0 Å². The summed E-state index contributed by atoms with van der Waals surface area (Å²) in [5.74, 6) is 3.78. The van der Waals surface area contributed by atoms with E-state index in [2.05, 4.69) is 38.0 Å². The van der Waals surface area contributed by atoms with E-state index < -0.39 is 20.8 Å². The van der Waals surface area contributed by atoms with Crippen LogP contribution in [0.2, 0.25) is 25.8 Å². The number of halogens is 2. The Hall–Kier alpha value is 1.01. The van der Waals surface area contributed by atoms with Gasteiger partial charge in [0.05, 0.1) is 0 Å². The van der Waals surface area contributed by atoms with Gasteiger partial charge in [-0.3, -0.25) is 0 Å². The molecule has 3 atom stereocenters. The molecule has 0 radical (unpaired) electrons. The number of hydrogen-bond donors (Lipinski definition) is 0. The maximum atomic E-state index is 4.93. The molecule has 2 fully saturated rings. The van der Waals surface area contributed by atoms with Gasteiger partial charge in [-0.25, -0.2) is 0 Å². The molecule has 3 rings (SSSR count). The van der Waals surface area contributed by atoms with E-state index in [1.54, 1.807) is 0 Å². The van der Waals surface area contributed by atoms with Gasteiger partial charge in [-0.2, -0.15) is 25.8 Å². The van der Waals surface area contributed by atoms with Crippen molar-refractivity contribution in [3.8, 4) is 0 Å². The van der Waals surface area contributed by atoms with Crippen molar-refractivity contribution in [1.82, 2.24) is 0 Å². The van der Waals surface area contributed by atoms with Crippen molar-refractivity contribution in [2.24, 2.45) is 17.8 Å². The second-order valence-electron chi connectivity index (χ2n) is 8.00. The summed E-state index contributed by atoms with van der Waals surface area (Å²) in [6.45, 7) is 5.21. The molecule has 23 heavy (non-hydrogen) atoms. The SMILES string of the molecule is C[B-](C)(CC1CCC2C=CC=CC21)C1CCCC1.[CH3-].[CH3-].[Cl][Zr+2][Cl]. The van der Waals surface area contributed by atoms with Crippen LogP contribution in [0.25, 0.3) is 0 Å². The Morgan fingerprint density at radius 3 is 2.13 bits per heavy atom. The summed E-state index contributed by atoms with van der Waals surface area (Å²) in [5, 5.41) is 0. The van der Waals surface area contributed by atoms with Gasteiger partial charge in [0.25, 0.3) is 0 Å². The van der Waals surface area contributed by atoms with Crippen LogP contribution in [-0.4, -0.2) is 6.15 Å². The molecule has 0 saturated heterocycles. The zero-order chi connectivity index (χ0) is 15.3. The van der Waals surface area contributed by atoms with E-state index in [-0.39, 0.29) is 21.0 Å². The molecule has 0 aromatic heterocycles. The molecule has 0 bridgehead atoms. The first-order valence-electron chi connectivity index (χ1n) is 8.65. The van der Waals surface area contributed by atoms with Gasteiger partial charge in [-0.15, -0.1) is 0 Å². The molecule has 2 saturated carbocycles. The van der Waals surface area contributed by atoms with Crippen LogP contribution in [0.1, 0.15) is 38.5 Å². The van der Waals surface area contributed by atoms with E-state index in [0.29, 0.717) is 0 Å².